The molecule has 2 aromatic carbocycles. The fourth-order valence-corrected chi connectivity index (χ4v) is 4.72. The molecule has 31 heavy (non-hydrogen) atoms. The number of rotatable bonds is 7. The van der Waals surface area contributed by atoms with Gasteiger partial charge >= 0.3 is 0 Å². The lowest BCUT2D eigenvalue weighted by atomic mass is 10.2. The lowest BCUT2D eigenvalue weighted by Crippen LogP contribution is -2.40. The minimum Gasteiger partial charge on any atom is -0.459 e. The molecular formula is C21H19BrClN3O4S. The zero-order chi connectivity index (χ0) is 22.6. The molecule has 1 amide bonds. The number of sulfonamides is 1. The van der Waals surface area contributed by atoms with Gasteiger partial charge in [-0.2, -0.15) is 5.10 Å². The van der Waals surface area contributed by atoms with E-state index in [9.17, 15) is 13.2 Å². The molecule has 1 heterocycles. The first-order chi connectivity index (χ1) is 14.7. The van der Waals surface area contributed by atoms with Crippen molar-refractivity contribution in [2.24, 2.45) is 5.10 Å². The van der Waals surface area contributed by atoms with E-state index < -0.39 is 22.5 Å². The van der Waals surface area contributed by atoms with Crippen molar-refractivity contribution in [1.29, 1.82) is 0 Å². The summed E-state index contributed by atoms with van der Waals surface area (Å²) < 4.78 is 33.8. The van der Waals surface area contributed by atoms with Crippen LogP contribution in [0.15, 0.2) is 73.5 Å². The van der Waals surface area contributed by atoms with Crippen LogP contribution < -0.4 is 9.73 Å². The Bertz CT molecular complexity index is 1210. The molecule has 7 nitrogen and oxygen atoms in total. The van der Waals surface area contributed by atoms with Crippen molar-refractivity contribution < 1.29 is 17.6 Å². The van der Waals surface area contributed by atoms with Crippen LogP contribution in [0.4, 0.5) is 5.69 Å². The number of hydrogen-bond acceptors (Lipinski definition) is 5. The van der Waals surface area contributed by atoms with Crippen molar-refractivity contribution in [2.75, 3.05) is 10.8 Å². The molecule has 0 unspecified atom stereocenters. The minimum absolute atomic E-state index is 0.0570. The summed E-state index contributed by atoms with van der Waals surface area (Å²) in [5, 5.41) is 4.20. The quantitative estimate of drug-likeness (QED) is 0.359. The van der Waals surface area contributed by atoms with Crippen molar-refractivity contribution in [3.63, 3.8) is 0 Å². The largest absolute Gasteiger partial charge is 0.459 e. The molecule has 0 saturated carbocycles. The van der Waals surface area contributed by atoms with Crippen LogP contribution in [0.1, 0.15) is 17.1 Å². The van der Waals surface area contributed by atoms with Crippen molar-refractivity contribution in [1.82, 2.24) is 5.43 Å². The zero-order valence-electron chi connectivity index (χ0n) is 16.7. The molecule has 0 aliphatic heterocycles. The highest BCUT2D eigenvalue weighted by Gasteiger charge is 2.28. The van der Waals surface area contributed by atoms with E-state index in [1.165, 1.54) is 24.4 Å². The van der Waals surface area contributed by atoms with Crippen LogP contribution in [0.2, 0.25) is 5.02 Å². The standard InChI is InChI=1S/C21H19BrClN3O4S/c1-14-8-9-16(23)10-20(14)26(31(28,29)18-6-4-3-5-7-18)13-21(27)25-24-12-17-11-19(22)15(2)30-17/h3-12H,13H2,1-2H3,(H,25,27)/b24-12-. The Morgan fingerprint density at radius 2 is 1.90 bits per heavy atom. The predicted molar refractivity (Wildman–Crippen MR) is 124 cm³/mol. The monoisotopic (exact) mass is 523 g/mol. The van der Waals surface area contributed by atoms with Crippen LogP contribution in [-0.4, -0.2) is 27.1 Å². The molecule has 0 aliphatic rings. The van der Waals surface area contributed by atoms with Gasteiger partial charge in [0.25, 0.3) is 15.9 Å². The summed E-state index contributed by atoms with van der Waals surface area (Å²) in [4.78, 5) is 12.6. The van der Waals surface area contributed by atoms with Gasteiger partial charge in [-0.3, -0.25) is 9.10 Å². The van der Waals surface area contributed by atoms with Crippen molar-refractivity contribution >= 4 is 55.4 Å². The number of amides is 1. The smallest absolute Gasteiger partial charge is 0.264 e. The lowest BCUT2D eigenvalue weighted by molar-refractivity contribution is -0.119. The third-order valence-electron chi connectivity index (χ3n) is 4.32. The number of halogens is 2. The van der Waals surface area contributed by atoms with E-state index >= 15 is 0 Å². The lowest BCUT2D eigenvalue weighted by Gasteiger charge is -2.25. The summed E-state index contributed by atoms with van der Waals surface area (Å²) in [6.07, 6.45) is 1.33. The van der Waals surface area contributed by atoms with Gasteiger partial charge in [0.15, 0.2) is 0 Å². The van der Waals surface area contributed by atoms with E-state index in [0.717, 1.165) is 8.78 Å². The minimum atomic E-state index is -4.03. The molecule has 0 bridgehead atoms. The van der Waals surface area contributed by atoms with Gasteiger partial charge in [0.2, 0.25) is 0 Å². The maximum absolute atomic E-state index is 13.3. The zero-order valence-corrected chi connectivity index (χ0v) is 19.8. The number of nitrogens with zero attached hydrogens (tertiary/aromatic N) is 2. The molecule has 10 heteroatoms. The van der Waals surface area contributed by atoms with Gasteiger partial charge < -0.3 is 4.42 Å². The maximum atomic E-state index is 13.3. The molecule has 0 saturated heterocycles. The topological polar surface area (TPSA) is 92.0 Å². The second-order valence-corrected chi connectivity index (χ2v) is 9.75. The number of hydrogen-bond donors (Lipinski definition) is 1. The summed E-state index contributed by atoms with van der Waals surface area (Å²) in [5.74, 6) is 0.478. The van der Waals surface area contributed by atoms with Gasteiger partial charge in [0.05, 0.1) is 21.3 Å². The second-order valence-electron chi connectivity index (χ2n) is 6.60. The van der Waals surface area contributed by atoms with Gasteiger partial charge in [0, 0.05) is 11.1 Å². The molecule has 1 aromatic heterocycles. The highest BCUT2D eigenvalue weighted by molar-refractivity contribution is 9.10. The molecule has 0 aliphatic carbocycles. The number of furan rings is 1. The summed E-state index contributed by atoms with van der Waals surface area (Å²) in [6, 6.07) is 14.4. The number of hydrazone groups is 1. The number of benzene rings is 2. The van der Waals surface area contributed by atoms with Gasteiger partial charge in [-0.1, -0.05) is 35.9 Å². The Kier molecular flexibility index (Phi) is 7.19. The van der Waals surface area contributed by atoms with Crippen molar-refractivity contribution in [2.45, 2.75) is 18.7 Å². The van der Waals surface area contributed by atoms with Crippen LogP contribution in [0, 0.1) is 13.8 Å². The van der Waals surface area contributed by atoms with Gasteiger partial charge in [-0.25, -0.2) is 13.8 Å². The first kappa shape index (κ1) is 23.1. The third kappa shape index (κ3) is 5.55. The fourth-order valence-electron chi connectivity index (χ4n) is 2.75. The van der Waals surface area contributed by atoms with Gasteiger partial charge in [-0.15, -0.1) is 0 Å². The highest BCUT2D eigenvalue weighted by Crippen LogP contribution is 2.29. The molecule has 3 rings (SSSR count). The molecule has 0 fully saturated rings. The molecule has 0 atom stereocenters. The van der Waals surface area contributed by atoms with Gasteiger partial charge in [0.1, 0.15) is 18.1 Å². The van der Waals surface area contributed by atoms with Crippen molar-refractivity contribution in [3.8, 4) is 0 Å². The Labute approximate surface area is 193 Å². The molecular weight excluding hydrogens is 506 g/mol. The number of anilines is 1. The van der Waals surface area contributed by atoms with Crippen LogP contribution >= 0.6 is 27.5 Å². The highest BCUT2D eigenvalue weighted by atomic mass is 79.9. The van der Waals surface area contributed by atoms with E-state index in [1.807, 2.05) is 0 Å². The SMILES string of the molecule is Cc1ccc(Cl)cc1N(CC(=O)N/N=C\c1cc(Br)c(C)o1)S(=O)(=O)c1ccccc1. The van der Waals surface area contributed by atoms with Crippen LogP contribution in [0.3, 0.4) is 0 Å². The third-order valence-corrected chi connectivity index (χ3v) is 7.11. The van der Waals surface area contributed by atoms with E-state index in [2.05, 4.69) is 26.5 Å². The number of aryl methyl sites for hydroxylation is 2. The van der Waals surface area contributed by atoms with Crippen LogP contribution in [0.5, 0.6) is 0 Å². The molecule has 162 valence electrons. The van der Waals surface area contributed by atoms with Crippen LogP contribution in [-0.2, 0) is 14.8 Å². The summed E-state index contributed by atoms with van der Waals surface area (Å²) >= 11 is 9.43. The predicted octanol–water partition coefficient (Wildman–Crippen LogP) is 4.66. The number of carbonyl (C=O) groups is 1. The Morgan fingerprint density at radius 3 is 2.55 bits per heavy atom. The van der Waals surface area contributed by atoms with Gasteiger partial charge in [-0.05, 0) is 59.6 Å². The van der Waals surface area contributed by atoms with E-state index in [0.29, 0.717) is 27.8 Å². The number of nitrogens with one attached hydrogen (secondary N) is 1. The van der Waals surface area contributed by atoms with E-state index in [1.54, 1.807) is 50.2 Å². The molecule has 0 spiro atoms. The second kappa shape index (κ2) is 9.67. The molecule has 3 aromatic rings. The summed E-state index contributed by atoms with van der Waals surface area (Å²) in [7, 11) is -4.03. The maximum Gasteiger partial charge on any atom is 0.264 e. The first-order valence-corrected chi connectivity index (χ1v) is 11.7. The van der Waals surface area contributed by atoms with Crippen molar-refractivity contribution in [3.05, 3.63) is 81.2 Å². The normalized spacial score (nSPS) is 11.6. The molecule has 0 radical (unpaired) electrons. The average molecular weight is 525 g/mol. The average Bonchev–Trinajstić information content (AvgIpc) is 3.06. The first-order valence-electron chi connectivity index (χ1n) is 9.10. The number of carbonyl (C=O) groups excluding carboxylic acids is 1. The van der Waals surface area contributed by atoms with Crippen LogP contribution in [0.25, 0.3) is 0 Å². The Hall–Kier alpha value is -2.62. The summed E-state index contributed by atoms with van der Waals surface area (Å²) in [5.41, 5.74) is 3.29. The summed E-state index contributed by atoms with van der Waals surface area (Å²) in [6.45, 7) is 3.03. The van der Waals surface area contributed by atoms with E-state index in [4.69, 9.17) is 16.0 Å². The Morgan fingerprint density at radius 1 is 1.19 bits per heavy atom. The fraction of sp³-hybridized carbons (Fsp3) is 0.143. The Balaban J connectivity index is 1.88. The van der Waals surface area contributed by atoms with E-state index in [-0.39, 0.29) is 4.90 Å². The molecule has 1 N–H and O–H groups in total.